The topological polar surface area (TPSA) is 83.5 Å². The molecule has 1 fully saturated rings. The Bertz CT molecular complexity index is 1340. The average molecular weight is 560 g/mol. The molecule has 2 aliphatic rings. The van der Waals surface area contributed by atoms with Gasteiger partial charge in [-0.25, -0.2) is 8.78 Å². The number of aliphatic carboxylic acids is 1. The fourth-order valence-corrected chi connectivity index (χ4v) is 6.50. The standard InChI is InChI=1S/C27H23F2NO4S3/c28-21-9-6-16(12-22(21)29)17-11-19(36-14-17)13-23-26(34)20(27(35)37-23)2-1-3-24(31)30-18-7-4-15(5-8-18)10-25(32)33/h4-7,9,11-14,18,20H,1-3,8,10H2,(H,30,31)(H,32,33)/b23-13-. The number of halogens is 2. The lowest BCUT2D eigenvalue weighted by Crippen LogP contribution is -2.33. The van der Waals surface area contributed by atoms with Crippen LogP contribution >= 0.6 is 35.3 Å². The van der Waals surface area contributed by atoms with Gasteiger partial charge in [-0.1, -0.05) is 48.3 Å². The third kappa shape index (κ3) is 7.09. The molecule has 0 saturated carbocycles. The molecule has 1 aliphatic heterocycles. The van der Waals surface area contributed by atoms with Gasteiger partial charge in [-0.3, -0.25) is 14.4 Å². The second-order valence-electron chi connectivity index (χ2n) is 8.72. The van der Waals surface area contributed by atoms with E-state index in [-0.39, 0.29) is 30.6 Å². The van der Waals surface area contributed by atoms with Gasteiger partial charge in [0.05, 0.1) is 27.5 Å². The number of amides is 1. The summed E-state index contributed by atoms with van der Waals surface area (Å²) in [6.07, 6.45) is 8.84. The van der Waals surface area contributed by atoms with E-state index in [0.29, 0.717) is 33.9 Å². The van der Waals surface area contributed by atoms with Crippen LogP contribution in [0.2, 0.25) is 0 Å². The molecule has 192 valence electrons. The number of Topliss-reactive ketones (excluding diaryl/α,β-unsaturated/α-hetero) is 1. The number of carbonyl (C=O) groups excluding carboxylic acids is 2. The van der Waals surface area contributed by atoms with Crippen molar-refractivity contribution in [1.82, 2.24) is 5.32 Å². The number of rotatable bonds is 9. The lowest BCUT2D eigenvalue weighted by atomic mass is 9.98. The van der Waals surface area contributed by atoms with E-state index in [0.717, 1.165) is 28.1 Å². The normalized spacial score (nSPS) is 20.4. The van der Waals surface area contributed by atoms with Gasteiger partial charge < -0.3 is 10.4 Å². The number of hydrogen-bond acceptors (Lipinski definition) is 6. The molecule has 1 saturated heterocycles. The first-order valence-electron chi connectivity index (χ1n) is 11.6. The summed E-state index contributed by atoms with van der Waals surface area (Å²) in [5.74, 6) is -3.33. The van der Waals surface area contributed by atoms with Gasteiger partial charge >= 0.3 is 5.97 Å². The number of thiocarbonyl (C=S) groups is 1. The number of carbonyl (C=O) groups is 3. The Kier molecular flexibility index (Phi) is 8.83. The number of carboxylic acid groups (broad SMARTS) is 1. The highest BCUT2D eigenvalue weighted by atomic mass is 32.2. The maximum atomic E-state index is 13.6. The third-order valence-electron chi connectivity index (χ3n) is 5.98. The molecule has 4 rings (SSSR count). The van der Waals surface area contributed by atoms with E-state index < -0.39 is 23.5 Å². The molecule has 0 radical (unpaired) electrons. The second kappa shape index (κ2) is 12.1. The van der Waals surface area contributed by atoms with Crippen molar-refractivity contribution in [3.63, 3.8) is 0 Å². The zero-order valence-corrected chi connectivity index (χ0v) is 22.0. The molecule has 10 heteroatoms. The van der Waals surface area contributed by atoms with E-state index in [4.69, 9.17) is 17.3 Å². The molecule has 1 aromatic heterocycles. The molecular formula is C27H23F2NO4S3. The molecule has 5 nitrogen and oxygen atoms in total. The summed E-state index contributed by atoms with van der Waals surface area (Å²) < 4.78 is 27.4. The van der Waals surface area contributed by atoms with Crippen LogP contribution in [0.15, 0.2) is 58.4 Å². The van der Waals surface area contributed by atoms with Crippen LogP contribution in [0.25, 0.3) is 17.2 Å². The molecule has 0 spiro atoms. The van der Waals surface area contributed by atoms with Crippen LogP contribution in [-0.4, -0.2) is 33.0 Å². The number of nitrogens with one attached hydrogen (secondary N) is 1. The van der Waals surface area contributed by atoms with Crippen molar-refractivity contribution in [2.45, 2.75) is 38.1 Å². The van der Waals surface area contributed by atoms with Gasteiger partial charge in [0, 0.05) is 11.3 Å². The number of allylic oxidation sites excluding steroid dienone is 2. The van der Waals surface area contributed by atoms with Crippen LogP contribution in [0.3, 0.4) is 0 Å². The summed E-state index contributed by atoms with van der Waals surface area (Å²) in [5.41, 5.74) is 2.01. The summed E-state index contributed by atoms with van der Waals surface area (Å²) in [6.45, 7) is 0. The Morgan fingerprint density at radius 1 is 1.19 bits per heavy atom. The van der Waals surface area contributed by atoms with E-state index in [1.54, 1.807) is 18.2 Å². The van der Waals surface area contributed by atoms with Crippen molar-refractivity contribution in [2.24, 2.45) is 5.92 Å². The Morgan fingerprint density at radius 2 is 2.00 bits per heavy atom. The van der Waals surface area contributed by atoms with E-state index in [2.05, 4.69) is 5.32 Å². The zero-order chi connectivity index (χ0) is 26.5. The lowest BCUT2D eigenvalue weighted by molar-refractivity contribution is -0.136. The third-order valence-corrected chi connectivity index (χ3v) is 8.41. The Morgan fingerprint density at radius 3 is 2.70 bits per heavy atom. The van der Waals surface area contributed by atoms with Crippen LogP contribution in [0, 0.1) is 17.6 Å². The maximum absolute atomic E-state index is 13.6. The van der Waals surface area contributed by atoms with E-state index in [1.165, 1.54) is 29.2 Å². The fourth-order valence-electron chi connectivity index (χ4n) is 4.07. The first kappa shape index (κ1) is 27.1. The van der Waals surface area contributed by atoms with Crippen LogP contribution in [-0.2, 0) is 14.4 Å². The molecule has 1 aliphatic carbocycles. The number of thioether (sulfide) groups is 1. The number of benzene rings is 1. The van der Waals surface area contributed by atoms with Crippen LogP contribution in [0.4, 0.5) is 8.78 Å². The minimum atomic E-state index is -0.913. The van der Waals surface area contributed by atoms with Gasteiger partial charge in [-0.15, -0.1) is 11.3 Å². The Labute approximate surface area is 226 Å². The van der Waals surface area contributed by atoms with Gasteiger partial charge in [-0.05, 0) is 65.6 Å². The highest BCUT2D eigenvalue weighted by Crippen LogP contribution is 2.39. The molecule has 2 atom stereocenters. The number of carboxylic acids is 1. The van der Waals surface area contributed by atoms with Crippen molar-refractivity contribution < 1.29 is 28.3 Å². The molecule has 2 aromatic rings. The van der Waals surface area contributed by atoms with E-state index >= 15 is 0 Å². The molecule has 2 heterocycles. The van der Waals surface area contributed by atoms with Crippen molar-refractivity contribution in [3.05, 3.63) is 74.9 Å². The van der Waals surface area contributed by atoms with Crippen molar-refractivity contribution in [1.29, 1.82) is 0 Å². The SMILES string of the molecule is O=C(O)CC1=CCC(NC(=O)CCCC2C(=O)/C(=C/c3cc(-c4ccc(F)c(F)c4)cs3)SC2=S)C=C1. The average Bonchev–Trinajstić information content (AvgIpc) is 3.42. The van der Waals surface area contributed by atoms with Crippen LogP contribution < -0.4 is 5.32 Å². The lowest BCUT2D eigenvalue weighted by Gasteiger charge is -2.17. The minimum absolute atomic E-state index is 0.0389. The molecule has 0 bridgehead atoms. The molecule has 1 amide bonds. The smallest absolute Gasteiger partial charge is 0.307 e. The van der Waals surface area contributed by atoms with Crippen molar-refractivity contribution >= 4 is 63.2 Å². The maximum Gasteiger partial charge on any atom is 0.307 e. The number of ketones is 1. The molecule has 2 N–H and O–H groups in total. The highest BCUT2D eigenvalue weighted by molar-refractivity contribution is 8.27. The highest BCUT2D eigenvalue weighted by Gasteiger charge is 2.34. The second-order valence-corrected chi connectivity index (χ2v) is 11.4. The molecular weight excluding hydrogens is 536 g/mol. The number of thiophene rings is 1. The first-order valence-corrected chi connectivity index (χ1v) is 13.7. The van der Waals surface area contributed by atoms with Crippen molar-refractivity contribution in [3.8, 4) is 11.1 Å². The summed E-state index contributed by atoms with van der Waals surface area (Å²) >= 11 is 8.09. The minimum Gasteiger partial charge on any atom is -0.481 e. The van der Waals surface area contributed by atoms with Gasteiger partial charge in [-0.2, -0.15) is 0 Å². The Balaban J connectivity index is 1.27. The van der Waals surface area contributed by atoms with Crippen LogP contribution in [0.1, 0.15) is 37.0 Å². The monoisotopic (exact) mass is 559 g/mol. The summed E-state index contributed by atoms with van der Waals surface area (Å²) in [5, 5.41) is 13.6. The Hall–Kier alpha value is -2.95. The van der Waals surface area contributed by atoms with Gasteiger partial charge in [0.2, 0.25) is 5.91 Å². The summed E-state index contributed by atoms with van der Waals surface area (Å²) in [4.78, 5) is 37.4. The largest absolute Gasteiger partial charge is 0.481 e. The van der Waals surface area contributed by atoms with E-state index in [1.807, 2.05) is 17.5 Å². The molecule has 1 aromatic carbocycles. The number of hydrogen-bond donors (Lipinski definition) is 2. The quantitative estimate of drug-likeness (QED) is 0.277. The summed E-state index contributed by atoms with van der Waals surface area (Å²) in [7, 11) is 0. The van der Waals surface area contributed by atoms with E-state index in [9.17, 15) is 23.2 Å². The summed E-state index contributed by atoms with van der Waals surface area (Å²) in [6, 6.07) is 5.38. The first-order chi connectivity index (χ1) is 17.7. The predicted octanol–water partition coefficient (Wildman–Crippen LogP) is 6.31. The van der Waals surface area contributed by atoms with Crippen molar-refractivity contribution in [2.75, 3.05) is 0 Å². The van der Waals surface area contributed by atoms with Gasteiger partial charge in [0.1, 0.15) is 0 Å². The van der Waals surface area contributed by atoms with Crippen LogP contribution in [0.5, 0.6) is 0 Å². The van der Waals surface area contributed by atoms with Gasteiger partial charge in [0.25, 0.3) is 0 Å². The van der Waals surface area contributed by atoms with Gasteiger partial charge in [0.15, 0.2) is 17.4 Å². The zero-order valence-electron chi connectivity index (χ0n) is 19.5. The predicted molar refractivity (Wildman–Crippen MR) is 146 cm³/mol. The molecule has 37 heavy (non-hydrogen) atoms. The fraction of sp³-hybridized carbons (Fsp3) is 0.259. The molecule has 2 unspecified atom stereocenters.